The Bertz CT molecular complexity index is 693. The van der Waals surface area contributed by atoms with Crippen LogP contribution in [0.5, 0.6) is 0 Å². The molecule has 6 heteroatoms. The fourth-order valence-electron chi connectivity index (χ4n) is 2.29. The molecule has 1 saturated heterocycles. The number of anilines is 2. The summed E-state index contributed by atoms with van der Waals surface area (Å²) in [5.41, 5.74) is 1.89. The molecule has 1 aliphatic heterocycles. The molecule has 3 amide bonds. The van der Waals surface area contributed by atoms with Crippen LogP contribution in [0.3, 0.4) is 0 Å². The maximum Gasteiger partial charge on any atom is 0.321 e. The van der Waals surface area contributed by atoms with Gasteiger partial charge in [-0.2, -0.15) is 0 Å². The molecule has 2 heterocycles. The number of aryl methyl sites for hydroxylation is 1. The summed E-state index contributed by atoms with van der Waals surface area (Å²) in [5.74, 6) is 0.340. The summed E-state index contributed by atoms with van der Waals surface area (Å²) < 4.78 is 5.12. The fourth-order valence-corrected chi connectivity index (χ4v) is 2.29. The lowest BCUT2D eigenvalue weighted by molar-refractivity contribution is 0.102. The fraction of sp³-hybridized carbons (Fsp3) is 0.200. The summed E-state index contributed by atoms with van der Waals surface area (Å²) in [6.45, 7) is 2.99. The molecule has 0 unspecified atom stereocenters. The molecule has 2 N–H and O–H groups in total. The molecule has 3 rings (SSSR count). The zero-order valence-corrected chi connectivity index (χ0v) is 11.6. The number of carbonyl (C=O) groups is 2. The first kappa shape index (κ1) is 13.2. The van der Waals surface area contributed by atoms with Gasteiger partial charge in [0.15, 0.2) is 0 Å². The summed E-state index contributed by atoms with van der Waals surface area (Å²) in [6.07, 6.45) is 1.48. The van der Waals surface area contributed by atoms with E-state index >= 15 is 0 Å². The summed E-state index contributed by atoms with van der Waals surface area (Å²) >= 11 is 0. The largest absolute Gasteiger partial charge is 0.469 e. The molecule has 1 aliphatic rings. The summed E-state index contributed by atoms with van der Waals surface area (Å²) in [7, 11) is 0. The number of hydrogen-bond acceptors (Lipinski definition) is 3. The predicted molar refractivity (Wildman–Crippen MR) is 78.6 cm³/mol. The highest BCUT2D eigenvalue weighted by atomic mass is 16.3. The van der Waals surface area contributed by atoms with Crippen LogP contribution in [0.25, 0.3) is 0 Å². The van der Waals surface area contributed by atoms with Gasteiger partial charge in [0.25, 0.3) is 5.91 Å². The number of nitrogens with one attached hydrogen (secondary N) is 2. The minimum absolute atomic E-state index is 0.121. The van der Waals surface area contributed by atoms with Gasteiger partial charge >= 0.3 is 6.03 Å². The molecule has 21 heavy (non-hydrogen) atoms. The average Bonchev–Trinajstić information content (AvgIpc) is 3.07. The van der Waals surface area contributed by atoms with Crippen molar-refractivity contribution in [2.24, 2.45) is 0 Å². The number of urea groups is 1. The summed E-state index contributed by atoms with van der Waals surface area (Å²) in [4.78, 5) is 25.4. The molecule has 1 aromatic carbocycles. The van der Waals surface area contributed by atoms with Gasteiger partial charge in [-0.3, -0.25) is 9.69 Å². The first-order valence-electron chi connectivity index (χ1n) is 6.66. The van der Waals surface area contributed by atoms with E-state index in [-0.39, 0.29) is 11.9 Å². The van der Waals surface area contributed by atoms with Crippen molar-refractivity contribution >= 4 is 23.3 Å². The van der Waals surface area contributed by atoms with Crippen LogP contribution in [0, 0.1) is 6.92 Å². The molecule has 1 aromatic heterocycles. The Balaban J connectivity index is 1.79. The quantitative estimate of drug-likeness (QED) is 0.909. The van der Waals surface area contributed by atoms with Crippen LogP contribution < -0.4 is 15.5 Å². The summed E-state index contributed by atoms with van der Waals surface area (Å²) in [6, 6.07) is 8.71. The molecule has 108 valence electrons. The molecule has 0 bridgehead atoms. The SMILES string of the molecule is Cc1occc1C(=O)Nc1cccc(N2CCNC2=O)c1. The second kappa shape index (κ2) is 5.32. The standard InChI is InChI=1S/C15H15N3O3/c1-10-13(5-8-21-10)14(19)17-11-3-2-4-12(9-11)18-7-6-16-15(18)20/h2-5,8-9H,6-7H2,1H3,(H,16,20)(H,17,19). The number of carbonyl (C=O) groups excluding carboxylic acids is 2. The second-order valence-corrected chi connectivity index (χ2v) is 4.78. The van der Waals surface area contributed by atoms with Gasteiger partial charge in [-0.1, -0.05) is 6.07 Å². The van der Waals surface area contributed by atoms with Crippen LogP contribution in [0.2, 0.25) is 0 Å². The van der Waals surface area contributed by atoms with E-state index in [0.29, 0.717) is 30.1 Å². The smallest absolute Gasteiger partial charge is 0.321 e. The molecular weight excluding hydrogens is 270 g/mol. The topological polar surface area (TPSA) is 74.6 Å². The highest BCUT2D eigenvalue weighted by Gasteiger charge is 2.21. The van der Waals surface area contributed by atoms with Gasteiger partial charge in [0.2, 0.25) is 0 Å². The number of nitrogens with zero attached hydrogens (tertiary/aromatic N) is 1. The van der Waals surface area contributed by atoms with E-state index in [0.717, 1.165) is 5.69 Å². The van der Waals surface area contributed by atoms with Crippen molar-refractivity contribution in [1.29, 1.82) is 0 Å². The molecule has 2 aromatic rings. The third kappa shape index (κ3) is 2.60. The number of amides is 3. The summed E-state index contributed by atoms with van der Waals surface area (Å²) in [5, 5.41) is 5.55. The van der Waals surface area contributed by atoms with Crippen molar-refractivity contribution in [1.82, 2.24) is 5.32 Å². The van der Waals surface area contributed by atoms with Gasteiger partial charge in [-0.15, -0.1) is 0 Å². The van der Waals surface area contributed by atoms with E-state index in [4.69, 9.17) is 4.42 Å². The minimum atomic E-state index is -0.232. The lowest BCUT2D eigenvalue weighted by Crippen LogP contribution is -2.27. The van der Waals surface area contributed by atoms with E-state index in [2.05, 4.69) is 10.6 Å². The zero-order chi connectivity index (χ0) is 14.8. The normalized spacial score (nSPS) is 14.1. The first-order chi connectivity index (χ1) is 10.1. The third-order valence-corrected chi connectivity index (χ3v) is 3.38. The Kier molecular flexibility index (Phi) is 3.35. The third-order valence-electron chi connectivity index (χ3n) is 3.38. The molecule has 0 aliphatic carbocycles. The maximum absolute atomic E-state index is 12.1. The molecule has 0 atom stereocenters. The molecule has 1 fully saturated rings. The van der Waals surface area contributed by atoms with E-state index in [1.54, 1.807) is 36.1 Å². The Hall–Kier alpha value is -2.76. The number of benzene rings is 1. The van der Waals surface area contributed by atoms with Crippen LogP contribution in [0.1, 0.15) is 16.1 Å². The second-order valence-electron chi connectivity index (χ2n) is 4.78. The first-order valence-corrected chi connectivity index (χ1v) is 6.66. The Morgan fingerprint density at radius 2 is 2.24 bits per heavy atom. The van der Waals surface area contributed by atoms with Crippen LogP contribution in [-0.2, 0) is 0 Å². The maximum atomic E-state index is 12.1. The lowest BCUT2D eigenvalue weighted by atomic mass is 10.2. The van der Waals surface area contributed by atoms with Crippen molar-refractivity contribution in [2.45, 2.75) is 6.92 Å². The predicted octanol–water partition coefficient (Wildman–Crippen LogP) is 2.37. The number of furan rings is 1. The van der Waals surface area contributed by atoms with Crippen molar-refractivity contribution in [3.8, 4) is 0 Å². The molecule has 6 nitrogen and oxygen atoms in total. The Morgan fingerprint density at radius 3 is 2.90 bits per heavy atom. The monoisotopic (exact) mass is 285 g/mol. The van der Waals surface area contributed by atoms with Gasteiger partial charge in [0.1, 0.15) is 5.76 Å². The average molecular weight is 285 g/mol. The zero-order valence-electron chi connectivity index (χ0n) is 11.6. The van der Waals surface area contributed by atoms with Crippen molar-refractivity contribution in [3.63, 3.8) is 0 Å². The van der Waals surface area contributed by atoms with Gasteiger partial charge in [0, 0.05) is 24.5 Å². The van der Waals surface area contributed by atoms with Crippen molar-refractivity contribution in [3.05, 3.63) is 47.9 Å². The molecule has 0 radical (unpaired) electrons. The highest BCUT2D eigenvalue weighted by Crippen LogP contribution is 2.22. The van der Waals surface area contributed by atoms with Gasteiger partial charge in [0.05, 0.1) is 11.8 Å². The van der Waals surface area contributed by atoms with Gasteiger partial charge < -0.3 is 15.1 Å². The van der Waals surface area contributed by atoms with Gasteiger partial charge in [-0.25, -0.2) is 4.79 Å². The van der Waals surface area contributed by atoms with Crippen molar-refractivity contribution < 1.29 is 14.0 Å². The van der Waals surface area contributed by atoms with E-state index in [1.165, 1.54) is 6.26 Å². The van der Waals surface area contributed by atoms with Crippen LogP contribution in [-0.4, -0.2) is 25.0 Å². The van der Waals surface area contributed by atoms with E-state index < -0.39 is 0 Å². The molecular formula is C15H15N3O3. The van der Waals surface area contributed by atoms with Crippen molar-refractivity contribution in [2.75, 3.05) is 23.3 Å². The Labute approximate surface area is 121 Å². The van der Waals surface area contributed by atoms with Crippen LogP contribution in [0.15, 0.2) is 41.0 Å². The van der Waals surface area contributed by atoms with E-state index in [1.807, 2.05) is 6.07 Å². The van der Waals surface area contributed by atoms with Crippen LogP contribution in [0.4, 0.5) is 16.2 Å². The van der Waals surface area contributed by atoms with E-state index in [9.17, 15) is 9.59 Å². The molecule has 0 spiro atoms. The minimum Gasteiger partial charge on any atom is -0.469 e. The van der Waals surface area contributed by atoms with Crippen LogP contribution >= 0.6 is 0 Å². The highest BCUT2D eigenvalue weighted by molar-refractivity contribution is 6.05. The number of rotatable bonds is 3. The molecule has 0 saturated carbocycles. The Morgan fingerprint density at radius 1 is 1.38 bits per heavy atom. The number of hydrogen-bond donors (Lipinski definition) is 2. The lowest BCUT2D eigenvalue weighted by Gasteiger charge is -2.15. The van der Waals surface area contributed by atoms with Gasteiger partial charge in [-0.05, 0) is 31.2 Å².